The van der Waals surface area contributed by atoms with Gasteiger partial charge in [0.2, 0.25) is 0 Å². The van der Waals surface area contributed by atoms with Crippen LogP contribution in [-0.2, 0) is 6.42 Å². The molecule has 0 amide bonds. The third-order valence-corrected chi connectivity index (χ3v) is 4.88. The van der Waals surface area contributed by atoms with Crippen molar-refractivity contribution in [2.24, 2.45) is 0 Å². The van der Waals surface area contributed by atoms with E-state index in [2.05, 4.69) is 4.98 Å². The molecule has 3 aromatic rings. The zero-order chi connectivity index (χ0) is 13.9. The van der Waals surface area contributed by atoms with Gasteiger partial charge in [-0.05, 0) is 36.1 Å². The van der Waals surface area contributed by atoms with Gasteiger partial charge in [0, 0.05) is 11.3 Å². The average Bonchev–Trinajstić information content (AvgIpc) is 2.92. The molecule has 2 aromatic carbocycles. The topological polar surface area (TPSA) is 30.0 Å². The fourth-order valence-corrected chi connectivity index (χ4v) is 3.31. The van der Waals surface area contributed by atoms with E-state index in [1.807, 2.05) is 54.8 Å². The van der Waals surface area contributed by atoms with Crippen molar-refractivity contribution in [2.75, 3.05) is 6.26 Å². The SMILES string of the molecule is CSc1ccc(CC(=O)c2nc3ccccc3s2)cc1. The second kappa shape index (κ2) is 5.77. The summed E-state index contributed by atoms with van der Waals surface area (Å²) in [7, 11) is 0. The van der Waals surface area contributed by atoms with Crippen molar-refractivity contribution in [3.63, 3.8) is 0 Å². The number of Topliss-reactive ketones (excluding diaryl/α,β-unsaturated/α-hetero) is 1. The van der Waals surface area contributed by atoms with E-state index in [9.17, 15) is 4.79 Å². The number of aromatic nitrogens is 1. The van der Waals surface area contributed by atoms with Crippen LogP contribution in [0.4, 0.5) is 0 Å². The van der Waals surface area contributed by atoms with Crippen molar-refractivity contribution < 1.29 is 4.79 Å². The molecule has 0 radical (unpaired) electrons. The maximum absolute atomic E-state index is 12.3. The van der Waals surface area contributed by atoms with Crippen LogP contribution >= 0.6 is 23.1 Å². The van der Waals surface area contributed by atoms with Crippen molar-refractivity contribution in [2.45, 2.75) is 11.3 Å². The van der Waals surface area contributed by atoms with Gasteiger partial charge in [-0.1, -0.05) is 24.3 Å². The van der Waals surface area contributed by atoms with Crippen LogP contribution in [0.15, 0.2) is 53.4 Å². The smallest absolute Gasteiger partial charge is 0.195 e. The van der Waals surface area contributed by atoms with Gasteiger partial charge >= 0.3 is 0 Å². The first-order chi connectivity index (χ1) is 9.76. The Morgan fingerprint density at radius 2 is 1.90 bits per heavy atom. The van der Waals surface area contributed by atoms with Crippen LogP contribution in [0.25, 0.3) is 10.2 Å². The van der Waals surface area contributed by atoms with Crippen molar-refractivity contribution in [3.05, 3.63) is 59.1 Å². The van der Waals surface area contributed by atoms with Crippen molar-refractivity contribution in [1.29, 1.82) is 0 Å². The van der Waals surface area contributed by atoms with Crippen LogP contribution < -0.4 is 0 Å². The number of benzene rings is 2. The van der Waals surface area contributed by atoms with E-state index in [4.69, 9.17) is 0 Å². The molecule has 4 heteroatoms. The second-order valence-electron chi connectivity index (χ2n) is 4.43. The van der Waals surface area contributed by atoms with Crippen LogP contribution in [0.3, 0.4) is 0 Å². The normalized spacial score (nSPS) is 10.8. The van der Waals surface area contributed by atoms with Gasteiger partial charge in [0.25, 0.3) is 0 Å². The van der Waals surface area contributed by atoms with Crippen LogP contribution in [-0.4, -0.2) is 17.0 Å². The molecule has 0 bridgehead atoms. The Hall–Kier alpha value is -1.65. The van der Waals surface area contributed by atoms with E-state index in [0.29, 0.717) is 11.4 Å². The summed E-state index contributed by atoms with van der Waals surface area (Å²) in [6.45, 7) is 0. The zero-order valence-electron chi connectivity index (χ0n) is 11.0. The third kappa shape index (κ3) is 2.76. The number of rotatable bonds is 4. The Bertz CT molecular complexity index is 714. The zero-order valence-corrected chi connectivity index (χ0v) is 12.6. The number of thiazole rings is 1. The molecule has 0 fully saturated rings. The van der Waals surface area contributed by atoms with Crippen LogP contribution in [0.2, 0.25) is 0 Å². The molecule has 0 aliphatic heterocycles. The highest BCUT2D eigenvalue weighted by Crippen LogP contribution is 2.23. The quantitative estimate of drug-likeness (QED) is 0.527. The molecular weight excluding hydrogens is 286 g/mol. The largest absolute Gasteiger partial charge is 0.291 e. The number of thioether (sulfide) groups is 1. The number of hydrogen-bond acceptors (Lipinski definition) is 4. The first-order valence-electron chi connectivity index (χ1n) is 6.28. The lowest BCUT2D eigenvalue weighted by Crippen LogP contribution is -2.02. The van der Waals surface area contributed by atoms with E-state index in [0.717, 1.165) is 15.8 Å². The summed E-state index contributed by atoms with van der Waals surface area (Å²) in [5.41, 5.74) is 1.94. The predicted molar refractivity (Wildman–Crippen MR) is 85.9 cm³/mol. The molecule has 0 atom stereocenters. The second-order valence-corrected chi connectivity index (χ2v) is 6.35. The molecule has 1 heterocycles. The minimum Gasteiger partial charge on any atom is -0.291 e. The van der Waals surface area contributed by atoms with E-state index < -0.39 is 0 Å². The summed E-state index contributed by atoms with van der Waals surface area (Å²) < 4.78 is 1.06. The molecule has 0 aliphatic rings. The molecule has 0 N–H and O–H groups in total. The van der Waals surface area contributed by atoms with E-state index in [-0.39, 0.29) is 5.78 Å². The fourth-order valence-electron chi connectivity index (χ4n) is 2.00. The highest BCUT2D eigenvalue weighted by Gasteiger charge is 2.12. The summed E-state index contributed by atoms with van der Waals surface area (Å²) in [5, 5.41) is 0.597. The van der Waals surface area contributed by atoms with Crippen LogP contribution in [0, 0.1) is 0 Å². The lowest BCUT2D eigenvalue weighted by Gasteiger charge is -2.00. The molecule has 100 valence electrons. The Morgan fingerprint density at radius 1 is 1.15 bits per heavy atom. The predicted octanol–water partition coefficient (Wildman–Crippen LogP) is 4.44. The third-order valence-electron chi connectivity index (χ3n) is 3.06. The Morgan fingerprint density at radius 3 is 2.60 bits per heavy atom. The average molecular weight is 299 g/mol. The summed E-state index contributed by atoms with van der Waals surface area (Å²) in [5.74, 6) is 0.0862. The number of fused-ring (bicyclic) bond motifs is 1. The van der Waals surface area contributed by atoms with Gasteiger partial charge in [-0.15, -0.1) is 23.1 Å². The van der Waals surface area contributed by atoms with Gasteiger partial charge in [-0.3, -0.25) is 4.79 Å². The van der Waals surface area contributed by atoms with E-state index in [1.54, 1.807) is 11.8 Å². The number of carbonyl (C=O) groups excluding carboxylic acids is 1. The molecule has 0 saturated heterocycles. The first-order valence-corrected chi connectivity index (χ1v) is 8.32. The summed E-state index contributed by atoms with van der Waals surface area (Å²) >= 11 is 3.17. The van der Waals surface area contributed by atoms with Crippen LogP contribution in [0.5, 0.6) is 0 Å². The van der Waals surface area contributed by atoms with Crippen molar-refractivity contribution in [3.8, 4) is 0 Å². The van der Waals surface area contributed by atoms with E-state index in [1.165, 1.54) is 16.2 Å². The lowest BCUT2D eigenvalue weighted by atomic mass is 10.1. The number of para-hydroxylation sites is 1. The molecule has 3 rings (SSSR count). The molecule has 0 aliphatic carbocycles. The molecule has 0 saturated carbocycles. The van der Waals surface area contributed by atoms with Crippen molar-refractivity contribution >= 4 is 39.1 Å². The maximum atomic E-state index is 12.3. The number of ketones is 1. The molecule has 1 aromatic heterocycles. The van der Waals surface area contributed by atoms with Crippen LogP contribution in [0.1, 0.15) is 15.4 Å². The summed E-state index contributed by atoms with van der Waals surface area (Å²) in [6.07, 6.45) is 2.45. The molecule has 2 nitrogen and oxygen atoms in total. The monoisotopic (exact) mass is 299 g/mol. The number of carbonyl (C=O) groups is 1. The van der Waals surface area contributed by atoms with Gasteiger partial charge in [0.05, 0.1) is 10.2 Å². The first kappa shape index (κ1) is 13.3. The molecular formula is C16H13NOS2. The van der Waals surface area contributed by atoms with Gasteiger partial charge in [-0.2, -0.15) is 0 Å². The Kier molecular flexibility index (Phi) is 3.85. The minimum absolute atomic E-state index is 0.0862. The van der Waals surface area contributed by atoms with Gasteiger partial charge in [-0.25, -0.2) is 4.98 Å². The highest BCUT2D eigenvalue weighted by atomic mass is 32.2. The summed E-state index contributed by atoms with van der Waals surface area (Å²) in [4.78, 5) is 17.9. The number of nitrogens with zero attached hydrogens (tertiary/aromatic N) is 1. The Balaban J connectivity index is 1.81. The molecule has 20 heavy (non-hydrogen) atoms. The van der Waals surface area contributed by atoms with Gasteiger partial charge < -0.3 is 0 Å². The minimum atomic E-state index is 0.0862. The van der Waals surface area contributed by atoms with E-state index >= 15 is 0 Å². The molecule has 0 unspecified atom stereocenters. The standard InChI is InChI=1S/C16H13NOS2/c1-19-12-8-6-11(7-9-12)10-14(18)16-17-13-4-2-3-5-15(13)20-16/h2-9H,10H2,1H3. The Labute approximate surface area is 125 Å². The van der Waals surface area contributed by atoms with Gasteiger partial charge in [0.15, 0.2) is 10.8 Å². The van der Waals surface area contributed by atoms with Gasteiger partial charge in [0.1, 0.15) is 0 Å². The van der Waals surface area contributed by atoms with Crippen molar-refractivity contribution in [1.82, 2.24) is 4.98 Å². The lowest BCUT2D eigenvalue weighted by molar-refractivity contribution is 0.0993. The number of hydrogen-bond donors (Lipinski definition) is 0. The molecule has 0 spiro atoms. The maximum Gasteiger partial charge on any atom is 0.195 e. The highest BCUT2D eigenvalue weighted by molar-refractivity contribution is 7.98. The summed E-state index contributed by atoms with van der Waals surface area (Å²) in [6, 6.07) is 16.0. The fraction of sp³-hybridized carbons (Fsp3) is 0.125.